The lowest BCUT2D eigenvalue weighted by Gasteiger charge is -2.15. The Bertz CT molecular complexity index is 857. The minimum atomic E-state index is -0.592. The Morgan fingerprint density at radius 1 is 1.21 bits per heavy atom. The summed E-state index contributed by atoms with van der Waals surface area (Å²) in [5.41, 5.74) is 7.17. The average molecular weight is 383 g/mol. The molecule has 28 heavy (non-hydrogen) atoms. The van der Waals surface area contributed by atoms with E-state index < -0.39 is 5.91 Å². The molecule has 2 amide bonds. The molecule has 1 aromatic heterocycles. The molecule has 0 atom stereocenters. The smallest absolute Gasteiger partial charge is 0.284 e. The molecule has 4 N–H and O–H groups in total. The molecule has 1 saturated heterocycles. The summed E-state index contributed by atoms with van der Waals surface area (Å²) in [4.78, 5) is 29.3. The lowest BCUT2D eigenvalue weighted by molar-refractivity contribution is -0.117. The Kier molecular flexibility index (Phi) is 6.31. The van der Waals surface area contributed by atoms with Crippen LogP contribution in [0.2, 0.25) is 0 Å². The molecule has 0 bridgehead atoms. The maximum Gasteiger partial charge on any atom is 0.284 e. The van der Waals surface area contributed by atoms with Gasteiger partial charge in [-0.1, -0.05) is 12.1 Å². The Hall–Kier alpha value is -3.29. The van der Waals surface area contributed by atoms with Crippen LogP contribution in [0.25, 0.3) is 0 Å². The third kappa shape index (κ3) is 4.91. The molecule has 0 unspecified atom stereocenters. The second-order valence-electron chi connectivity index (χ2n) is 6.49. The fourth-order valence-corrected chi connectivity index (χ4v) is 2.99. The lowest BCUT2D eigenvalue weighted by atomic mass is 10.2. The Morgan fingerprint density at radius 3 is 2.61 bits per heavy atom. The van der Waals surface area contributed by atoms with Gasteiger partial charge in [0.1, 0.15) is 5.76 Å². The van der Waals surface area contributed by atoms with Gasteiger partial charge in [0.05, 0.1) is 13.1 Å². The Labute approximate surface area is 163 Å². The first-order chi connectivity index (χ1) is 13.6. The van der Waals surface area contributed by atoms with Crippen LogP contribution in [0.3, 0.4) is 0 Å². The summed E-state index contributed by atoms with van der Waals surface area (Å²) >= 11 is 0. The molecule has 1 aliphatic heterocycles. The molecule has 2 heterocycles. The van der Waals surface area contributed by atoms with Crippen molar-refractivity contribution in [1.29, 1.82) is 0 Å². The van der Waals surface area contributed by atoms with Crippen LogP contribution in [0.1, 0.15) is 41.6 Å². The third-order valence-corrected chi connectivity index (χ3v) is 4.42. The minimum absolute atomic E-state index is 0.135. The lowest BCUT2D eigenvalue weighted by Crippen LogP contribution is -2.36. The van der Waals surface area contributed by atoms with Gasteiger partial charge in [0.25, 0.3) is 5.91 Å². The van der Waals surface area contributed by atoms with Crippen LogP contribution in [0.5, 0.6) is 0 Å². The summed E-state index contributed by atoms with van der Waals surface area (Å²) in [6, 6.07) is 11.1. The normalized spacial score (nSPS) is 14.4. The quantitative estimate of drug-likeness (QED) is 0.498. The van der Waals surface area contributed by atoms with Crippen molar-refractivity contribution in [2.45, 2.75) is 32.9 Å². The number of hydrogen-bond acceptors (Lipinski definition) is 4. The highest BCUT2D eigenvalue weighted by molar-refractivity contribution is 5.95. The van der Waals surface area contributed by atoms with E-state index in [1.165, 1.54) is 0 Å². The molecular formula is C20H25N5O3. The van der Waals surface area contributed by atoms with Crippen molar-refractivity contribution in [3.63, 3.8) is 0 Å². The number of nitrogens with one attached hydrogen (secondary N) is 2. The van der Waals surface area contributed by atoms with E-state index in [9.17, 15) is 9.59 Å². The number of nitrogens with zero attached hydrogens (tertiary/aromatic N) is 2. The maximum atomic E-state index is 11.8. The first-order valence-electron chi connectivity index (χ1n) is 9.37. The van der Waals surface area contributed by atoms with E-state index in [1.54, 1.807) is 12.1 Å². The molecule has 1 aliphatic rings. The predicted octanol–water partition coefficient (Wildman–Crippen LogP) is 1.76. The van der Waals surface area contributed by atoms with Crippen molar-refractivity contribution in [2.24, 2.45) is 10.7 Å². The van der Waals surface area contributed by atoms with Gasteiger partial charge in [0.2, 0.25) is 5.91 Å². The highest BCUT2D eigenvalue weighted by Crippen LogP contribution is 2.21. The zero-order chi connectivity index (χ0) is 19.9. The molecule has 0 spiro atoms. The number of anilines is 1. The Balaban J connectivity index is 1.58. The number of benzene rings is 1. The molecule has 1 fully saturated rings. The first-order valence-corrected chi connectivity index (χ1v) is 9.37. The van der Waals surface area contributed by atoms with E-state index in [0.717, 1.165) is 24.2 Å². The zero-order valence-corrected chi connectivity index (χ0v) is 15.9. The third-order valence-electron chi connectivity index (χ3n) is 4.42. The van der Waals surface area contributed by atoms with E-state index in [-0.39, 0.29) is 11.7 Å². The molecule has 148 valence electrons. The van der Waals surface area contributed by atoms with Gasteiger partial charge in [-0.15, -0.1) is 0 Å². The maximum absolute atomic E-state index is 11.8. The van der Waals surface area contributed by atoms with Crippen molar-refractivity contribution < 1.29 is 14.0 Å². The average Bonchev–Trinajstić information content (AvgIpc) is 3.33. The van der Waals surface area contributed by atoms with E-state index >= 15 is 0 Å². The van der Waals surface area contributed by atoms with Crippen LogP contribution in [0, 0.1) is 0 Å². The largest absolute Gasteiger partial charge is 0.454 e. The van der Waals surface area contributed by atoms with Crippen molar-refractivity contribution in [2.75, 3.05) is 18.0 Å². The zero-order valence-electron chi connectivity index (χ0n) is 15.9. The van der Waals surface area contributed by atoms with Crippen LogP contribution in [-0.2, 0) is 17.9 Å². The van der Waals surface area contributed by atoms with Gasteiger partial charge >= 0.3 is 0 Å². The van der Waals surface area contributed by atoms with Gasteiger partial charge < -0.3 is 25.7 Å². The number of amides is 2. The van der Waals surface area contributed by atoms with E-state index in [2.05, 4.69) is 15.6 Å². The van der Waals surface area contributed by atoms with Crippen LogP contribution >= 0.6 is 0 Å². The molecule has 8 heteroatoms. The number of carbonyl (C=O) groups excluding carboxylic acids is 2. The number of nitrogens with two attached hydrogens (primary N) is 1. The van der Waals surface area contributed by atoms with Gasteiger partial charge in [-0.2, -0.15) is 0 Å². The standard InChI is InChI=1S/C20H25N5O3/c1-2-22-20(24-13-16-9-10-17(28-16)19(21)27)23-12-14-5-7-15(8-6-14)25-11-3-4-18(25)26/h5-10H,2-4,11-13H2,1H3,(H2,21,27)(H2,22,23,24). The number of rotatable bonds is 7. The molecule has 0 aliphatic carbocycles. The second-order valence-corrected chi connectivity index (χ2v) is 6.49. The van der Waals surface area contributed by atoms with Gasteiger partial charge in [0, 0.05) is 25.2 Å². The van der Waals surface area contributed by atoms with Crippen molar-refractivity contribution in [1.82, 2.24) is 10.6 Å². The molecule has 0 radical (unpaired) electrons. The van der Waals surface area contributed by atoms with Gasteiger partial charge in [-0.3, -0.25) is 9.59 Å². The van der Waals surface area contributed by atoms with Crippen LogP contribution in [0.15, 0.2) is 45.8 Å². The highest BCUT2D eigenvalue weighted by atomic mass is 16.3. The fraction of sp³-hybridized carbons (Fsp3) is 0.350. The molecule has 2 aromatic rings. The predicted molar refractivity (Wildman–Crippen MR) is 107 cm³/mol. The molecule has 8 nitrogen and oxygen atoms in total. The second kappa shape index (κ2) is 9.07. The summed E-state index contributed by atoms with van der Waals surface area (Å²) < 4.78 is 5.35. The number of guanidine groups is 1. The summed E-state index contributed by atoms with van der Waals surface area (Å²) in [5, 5.41) is 6.33. The fourth-order valence-electron chi connectivity index (χ4n) is 2.99. The van der Waals surface area contributed by atoms with E-state index in [1.807, 2.05) is 36.1 Å². The van der Waals surface area contributed by atoms with Gasteiger partial charge in [0.15, 0.2) is 11.7 Å². The van der Waals surface area contributed by atoms with Crippen LogP contribution in [-0.4, -0.2) is 30.9 Å². The molecular weight excluding hydrogens is 358 g/mol. The monoisotopic (exact) mass is 383 g/mol. The van der Waals surface area contributed by atoms with Crippen LogP contribution in [0.4, 0.5) is 5.69 Å². The topological polar surface area (TPSA) is 113 Å². The molecule has 1 aromatic carbocycles. The SMILES string of the molecule is CCNC(=NCc1ccc(N2CCCC2=O)cc1)NCc1ccc(C(N)=O)o1. The minimum Gasteiger partial charge on any atom is -0.454 e. The molecule has 0 saturated carbocycles. The van der Waals surface area contributed by atoms with E-state index in [0.29, 0.717) is 37.8 Å². The summed E-state index contributed by atoms with van der Waals surface area (Å²) in [5.74, 6) is 0.959. The van der Waals surface area contributed by atoms with Gasteiger partial charge in [-0.25, -0.2) is 4.99 Å². The summed E-state index contributed by atoms with van der Waals surface area (Å²) in [6.07, 6.45) is 1.54. The Morgan fingerprint density at radius 2 is 2.00 bits per heavy atom. The van der Waals surface area contributed by atoms with Crippen LogP contribution < -0.4 is 21.3 Å². The number of carbonyl (C=O) groups is 2. The summed E-state index contributed by atoms with van der Waals surface area (Å²) in [6.45, 7) is 4.36. The number of primary amides is 1. The molecule has 3 rings (SSSR count). The van der Waals surface area contributed by atoms with Crippen molar-refractivity contribution in [3.05, 3.63) is 53.5 Å². The van der Waals surface area contributed by atoms with Crippen molar-refractivity contribution >= 4 is 23.5 Å². The summed E-state index contributed by atoms with van der Waals surface area (Å²) in [7, 11) is 0. The van der Waals surface area contributed by atoms with E-state index in [4.69, 9.17) is 10.2 Å². The first kappa shape index (κ1) is 19.5. The number of furan rings is 1. The highest BCUT2D eigenvalue weighted by Gasteiger charge is 2.21. The number of aliphatic imine (C=N–C) groups is 1. The van der Waals surface area contributed by atoms with Gasteiger partial charge in [-0.05, 0) is 43.2 Å². The van der Waals surface area contributed by atoms with Crippen molar-refractivity contribution in [3.8, 4) is 0 Å². The number of hydrogen-bond donors (Lipinski definition) is 3.